The maximum Gasteiger partial charge on any atom is 0.0745 e. The summed E-state index contributed by atoms with van der Waals surface area (Å²) in [6.07, 6.45) is 1.27. The average Bonchev–Trinajstić information content (AvgIpc) is 2.10. The van der Waals surface area contributed by atoms with Gasteiger partial charge in [-0.1, -0.05) is 16.8 Å². The highest BCUT2D eigenvalue weighted by molar-refractivity contribution is 6.45. The summed E-state index contributed by atoms with van der Waals surface area (Å²) in [5.41, 5.74) is 6.84. The molecule has 0 aromatic carbocycles. The highest BCUT2D eigenvalue weighted by Gasteiger charge is 1.94. The summed E-state index contributed by atoms with van der Waals surface area (Å²) < 4.78 is 0. The molecule has 0 saturated heterocycles. The van der Waals surface area contributed by atoms with Crippen molar-refractivity contribution in [3.8, 4) is 0 Å². The second kappa shape index (κ2) is 8.47. The number of nitrogens with one attached hydrogen (secondary N) is 1. The molecule has 0 unspecified atom stereocenters. The molecule has 2 nitrogen and oxygen atoms in total. The van der Waals surface area contributed by atoms with Crippen molar-refractivity contribution in [2.24, 2.45) is 5.73 Å². The Kier molecular flexibility index (Phi) is 8.39. The summed E-state index contributed by atoms with van der Waals surface area (Å²) in [5, 5.41) is 4.87. The van der Waals surface area contributed by atoms with E-state index in [1.54, 1.807) is 5.20 Å². The van der Waals surface area contributed by atoms with Crippen LogP contribution >= 0.6 is 0 Å². The third kappa shape index (κ3) is 8.21. The van der Waals surface area contributed by atoms with Crippen molar-refractivity contribution in [3.05, 3.63) is 10.8 Å². The third-order valence-electron chi connectivity index (χ3n) is 1.99. The maximum absolute atomic E-state index is 5.36. The van der Waals surface area contributed by atoms with Gasteiger partial charge in [0.05, 0.1) is 9.52 Å². The Morgan fingerprint density at radius 1 is 1.23 bits per heavy atom. The molecule has 0 aromatic heterocycles. The average molecular weight is 198 g/mol. The summed E-state index contributed by atoms with van der Waals surface area (Å²) in [5.74, 6) is 0. The van der Waals surface area contributed by atoms with Crippen molar-refractivity contribution in [1.29, 1.82) is 0 Å². The molecule has 0 aliphatic carbocycles. The lowest BCUT2D eigenvalue weighted by atomic mass is 10.3. The zero-order chi connectivity index (χ0) is 10.1. The predicted octanol–water partition coefficient (Wildman–Crippen LogP) is 1.36. The molecule has 2 radical (unpaired) electrons. The van der Waals surface area contributed by atoms with Gasteiger partial charge in [-0.15, -0.1) is 0 Å². The number of nitrogens with two attached hydrogens (primary N) is 1. The van der Waals surface area contributed by atoms with Crippen LogP contribution in [0.1, 0.15) is 27.2 Å². The molecular formula is C10H22N2Si. The van der Waals surface area contributed by atoms with Gasteiger partial charge >= 0.3 is 0 Å². The van der Waals surface area contributed by atoms with Gasteiger partial charge in [0, 0.05) is 13.1 Å². The largest absolute Gasteiger partial charge is 0.329 e. The van der Waals surface area contributed by atoms with E-state index in [0.717, 1.165) is 29.2 Å². The van der Waals surface area contributed by atoms with Crippen LogP contribution in [0.4, 0.5) is 0 Å². The van der Waals surface area contributed by atoms with Crippen molar-refractivity contribution < 1.29 is 0 Å². The van der Waals surface area contributed by atoms with Gasteiger partial charge in [0.15, 0.2) is 0 Å². The molecule has 3 N–H and O–H groups in total. The van der Waals surface area contributed by atoms with Gasteiger partial charge in [-0.2, -0.15) is 0 Å². The van der Waals surface area contributed by atoms with E-state index in [0.29, 0.717) is 0 Å². The van der Waals surface area contributed by atoms with E-state index in [9.17, 15) is 0 Å². The normalized spacial score (nSPS) is 10.2. The van der Waals surface area contributed by atoms with Crippen molar-refractivity contribution in [2.75, 3.05) is 19.6 Å². The van der Waals surface area contributed by atoms with Crippen molar-refractivity contribution in [3.63, 3.8) is 0 Å². The fraction of sp³-hybridized carbons (Fsp3) is 0.800. The predicted molar refractivity (Wildman–Crippen MR) is 61.2 cm³/mol. The zero-order valence-corrected chi connectivity index (χ0v) is 10.1. The van der Waals surface area contributed by atoms with E-state index < -0.39 is 0 Å². The molecule has 0 aliphatic rings. The van der Waals surface area contributed by atoms with E-state index in [2.05, 4.69) is 26.1 Å². The van der Waals surface area contributed by atoms with E-state index >= 15 is 0 Å². The highest BCUT2D eigenvalue weighted by Crippen LogP contribution is 2.02. The van der Waals surface area contributed by atoms with Crippen LogP contribution in [0.5, 0.6) is 0 Å². The van der Waals surface area contributed by atoms with Gasteiger partial charge in [0.2, 0.25) is 0 Å². The van der Waals surface area contributed by atoms with E-state index in [1.165, 1.54) is 18.0 Å². The second-order valence-corrected chi connectivity index (χ2v) is 5.05. The van der Waals surface area contributed by atoms with Crippen molar-refractivity contribution in [1.82, 2.24) is 5.32 Å². The summed E-state index contributed by atoms with van der Waals surface area (Å²) in [4.78, 5) is 0. The minimum absolute atomic E-state index is 0.745. The summed E-state index contributed by atoms with van der Waals surface area (Å²) >= 11 is 0. The van der Waals surface area contributed by atoms with E-state index in [1.807, 2.05) is 0 Å². The molecule has 0 aliphatic heterocycles. The maximum atomic E-state index is 5.36. The monoisotopic (exact) mass is 198 g/mol. The Balaban J connectivity index is 3.22. The van der Waals surface area contributed by atoms with Gasteiger partial charge in [-0.05, 0) is 33.7 Å². The first-order valence-corrected chi connectivity index (χ1v) is 6.18. The lowest BCUT2D eigenvalue weighted by Gasteiger charge is -2.03. The molecule has 3 heteroatoms. The molecule has 0 bridgehead atoms. The molecule has 0 saturated carbocycles. The molecule has 76 valence electrons. The van der Waals surface area contributed by atoms with E-state index in [-0.39, 0.29) is 0 Å². The van der Waals surface area contributed by atoms with Crippen LogP contribution in [0.15, 0.2) is 10.8 Å². The SMILES string of the molecule is CC(C)=C(C)[Si]CCCNCCN. The molecule has 0 spiro atoms. The van der Waals surface area contributed by atoms with Crippen LogP contribution in [0.2, 0.25) is 6.04 Å². The fourth-order valence-electron chi connectivity index (χ4n) is 0.893. The Labute approximate surface area is 84.8 Å². The fourth-order valence-corrected chi connectivity index (χ4v) is 1.98. The lowest BCUT2D eigenvalue weighted by Crippen LogP contribution is -2.23. The Morgan fingerprint density at radius 2 is 1.92 bits per heavy atom. The number of allylic oxidation sites excluding steroid dienone is 2. The topological polar surface area (TPSA) is 38.0 Å². The minimum Gasteiger partial charge on any atom is -0.329 e. The summed E-state index contributed by atoms with van der Waals surface area (Å²) in [6, 6.07) is 1.31. The lowest BCUT2D eigenvalue weighted by molar-refractivity contribution is 0.677. The van der Waals surface area contributed by atoms with E-state index in [4.69, 9.17) is 5.73 Å². The van der Waals surface area contributed by atoms with Gasteiger partial charge < -0.3 is 11.1 Å². The number of hydrogen-bond donors (Lipinski definition) is 2. The molecule has 0 aromatic rings. The first-order chi connectivity index (χ1) is 6.18. The molecule has 0 fully saturated rings. The Hall–Kier alpha value is -0.123. The van der Waals surface area contributed by atoms with Crippen LogP contribution in [-0.2, 0) is 0 Å². The zero-order valence-electron chi connectivity index (χ0n) is 9.11. The smallest absolute Gasteiger partial charge is 0.0745 e. The Morgan fingerprint density at radius 3 is 2.46 bits per heavy atom. The Bertz CT molecular complexity index is 151. The molecule has 0 heterocycles. The van der Waals surface area contributed by atoms with Crippen molar-refractivity contribution in [2.45, 2.75) is 33.2 Å². The molecule has 0 rings (SSSR count). The first-order valence-electron chi connectivity index (χ1n) is 4.97. The first kappa shape index (κ1) is 12.9. The molecule has 13 heavy (non-hydrogen) atoms. The standard InChI is InChI=1S/C10H22N2Si/c1-9(2)10(3)13-8-4-6-12-7-5-11/h12H,4-8,11H2,1-3H3. The van der Waals surface area contributed by atoms with Crippen molar-refractivity contribution >= 4 is 9.52 Å². The van der Waals surface area contributed by atoms with Gasteiger partial charge in [0.25, 0.3) is 0 Å². The second-order valence-electron chi connectivity index (χ2n) is 3.44. The van der Waals surface area contributed by atoms with Gasteiger partial charge in [-0.25, -0.2) is 0 Å². The van der Waals surface area contributed by atoms with Crippen LogP contribution in [0.3, 0.4) is 0 Å². The quantitative estimate of drug-likeness (QED) is 0.479. The molecule has 0 atom stereocenters. The third-order valence-corrected chi connectivity index (χ3v) is 3.63. The minimum atomic E-state index is 0.745. The number of rotatable bonds is 7. The van der Waals surface area contributed by atoms with Crippen LogP contribution in [-0.4, -0.2) is 29.2 Å². The summed E-state index contributed by atoms with van der Waals surface area (Å²) in [7, 11) is 1.01. The number of hydrogen-bond acceptors (Lipinski definition) is 2. The van der Waals surface area contributed by atoms with Crippen LogP contribution in [0.25, 0.3) is 0 Å². The highest BCUT2D eigenvalue weighted by atomic mass is 28.2. The molecule has 0 amide bonds. The summed E-state index contributed by atoms with van der Waals surface area (Å²) in [6.45, 7) is 9.42. The van der Waals surface area contributed by atoms with Crippen LogP contribution in [0, 0.1) is 0 Å². The van der Waals surface area contributed by atoms with Gasteiger partial charge in [-0.3, -0.25) is 0 Å². The van der Waals surface area contributed by atoms with Crippen LogP contribution < -0.4 is 11.1 Å². The van der Waals surface area contributed by atoms with Gasteiger partial charge in [0.1, 0.15) is 0 Å². The molecular weight excluding hydrogens is 176 g/mol.